The van der Waals surface area contributed by atoms with Gasteiger partial charge in [-0.3, -0.25) is 57.6 Å². The highest BCUT2D eigenvalue weighted by Crippen LogP contribution is 2.29. The summed E-state index contributed by atoms with van der Waals surface area (Å²) in [5, 5.41) is 18.0. The van der Waals surface area contributed by atoms with Gasteiger partial charge >= 0.3 is 6.16 Å². The van der Waals surface area contributed by atoms with E-state index in [1.165, 1.54) is 87.7 Å². The molecule has 2 aliphatic rings. The van der Waals surface area contributed by atoms with Crippen LogP contribution in [-0.2, 0) is 71.7 Å². The summed E-state index contributed by atoms with van der Waals surface area (Å²) in [5.74, 6) is -11.3. The van der Waals surface area contributed by atoms with E-state index in [0.717, 1.165) is 35.9 Å². The Labute approximate surface area is 604 Å². The third-order valence-electron chi connectivity index (χ3n) is 20.0. The molecule has 2 saturated heterocycles. The summed E-state index contributed by atoms with van der Waals surface area (Å²) < 4.78 is 21.9. The number of amides is 9. The lowest BCUT2D eigenvalue weighted by Crippen LogP contribution is -2.64. The number of morpholine rings is 1. The van der Waals surface area contributed by atoms with E-state index in [2.05, 4.69) is 15.5 Å². The van der Waals surface area contributed by atoms with Crippen molar-refractivity contribution >= 4 is 70.9 Å². The van der Waals surface area contributed by atoms with Crippen molar-refractivity contribution in [1.82, 2.24) is 49.8 Å². The van der Waals surface area contributed by atoms with Crippen LogP contribution in [0.15, 0.2) is 0 Å². The van der Waals surface area contributed by atoms with Crippen LogP contribution in [0.1, 0.15) is 188 Å². The lowest BCUT2D eigenvalue weighted by Gasteiger charge is -2.41. The molecule has 0 radical (unpaired) electrons. The first-order valence-corrected chi connectivity index (χ1v) is 37.0. The SMILES string of the molecule is CCOC(=O)OCCCC[C@@H](C)[C@@H](O)[C@H]1C(=O)N[C@@H](CC)C(=O)N(C)[C@H](C)C(=O)N(C)[C@@H]([C@@H](C)OCCCCN2CCOCC2)C(=O)C[C@@H](C(C)C)C(=O)N(C)[C@@H](CC(C)C)C(=O)C[C@@H](C)C(=O)N[C@H](C)C(=O)N(C)[C@@H](CC(C)C)C(=O)N(C)[C@@H](CC(C)C)C(=O)N(C)[C@@H](C(C)C)C(=O)N1C. The summed E-state index contributed by atoms with van der Waals surface area (Å²) in [4.78, 5) is 188. The van der Waals surface area contributed by atoms with Gasteiger partial charge in [-0.25, -0.2) is 4.79 Å². The molecule has 2 rings (SSSR count). The second kappa shape index (κ2) is 43.7. The first-order valence-electron chi connectivity index (χ1n) is 37.0. The van der Waals surface area contributed by atoms with Crippen LogP contribution in [0.3, 0.4) is 0 Å². The fourth-order valence-electron chi connectivity index (χ4n) is 13.4. The molecule has 0 aromatic rings. The molecular weight excluding hydrogens is 1300 g/mol. The summed E-state index contributed by atoms with van der Waals surface area (Å²) in [6.07, 6.45) is -1.20. The maximum atomic E-state index is 15.5. The zero-order chi connectivity index (χ0) is 77.2. The number of nitrogens with zero attached hydrogens (tertiary/aromatic N) is 8. The number of nitrogens with one attached hydrogen (secondary N) is 2. The number of aliphatic hydroxyl groups excluding tert-OH is 1. The Morgan fingerprint density at radius 2 is 1.02 bits per heavy atom. The molecule has 580 valence electrons. The Morgan fingerprint density at radius 1 is 0.515 bits per heavy atom. The summed E-state index contributed by atoms with van der Waals surface area (Å²) >= 11 is 0. The number of carbonyl (C=O) groups excluding carboxylic acids is 12. The van der Waals surface area contributed by atoms with E-state index in [-0.39, 0.29) is 82.5 Å². The number of hydrogen-bond acceptors (Lipinski definition) is 18. The van der Waals surface area contributed by atoms with Gasteiger partial charge in [0.2, 0.25) is 53.2 Å². The monoisotopic (exact) mass is 1430 g/mol. The van der Waals surface area contributed by atoms with E-state index in [9.17, 15) is 29.1 Å². The van der Waals surface area contributed by atoms with Crippen molar-refractivity contribution in [2.24, 2.45) is 47.3 Å². The molecule has 3 N–H and O–H groups in total. The smallest absolute Gasteiger partial charge is 0.435 e. The van der Waals surface area contributed by atoms with Crippen molar-refractivity contribution in [3.63, 3.8) is 0 Å². The first-order chi connectivity index (χ1) is 47.1. The van der Waals surface area contributed by atoms with Crippen LogP contribution < -0.4 is 10.6 Å². The van der Waals surface area contributed by atoms with E-state index < -0.39 is 167 Å². The Balaban J connectivity index is 3.02. The molecule has 0 spiro atoms. The molecule has 0 unspecified atom stereocenters. The number of aliphatic hydroxyl groups is 1. The van der Waals surface area contributed by atoms with Crippen LogP contribution in [-0.4, -0.2) is 284 Å². The van der Waals surface area contributed by atoms with Gasteiger partial charge in [0.1, 0.15) is 48.3 Å². The Hall–Kier alpha value is -6.32. The molecule has 14 atom stereocenters. The van der Waals surface area contributed by atoms with Crippen LogP contribution in [0.5, 0.6) is 0 Å². The van der Waals surface area contributed by atoms with Crippen LogP contribution in [0.2, 0.25) is 0 Å². The number of rotatable bonds is 24. The lowest BCUT2D eigenvalue weighted by atomic mass is 9.85. The van der Waals surface area contributed by atoms with Gasteiger partial charge in [0.05, 0.1) is 44.7 Å². The minimum absolute atomic E-state index is 0.00922. The van der Waals surface area contributed by atoms with Gasteiger partial charge < -0.3 is 69.0 Å². The predicted molar refractivity (Wildman–Crippen MR) is 385 cm³/mol. The number of Topliss-reactive ketones (excluding diaryl/α,β-unsaturated/α-hetero) is 2. The summed E-state index contributed by atoms with van der Waals surface area (Å²) in [5.41, 5.74) is 0. The molecule has 9 amide bonds. The molecule has 101 heavy (non-hydrogen) atoms. The van der Waals surface area contributed by atoms with Crippen molar-refractivity contribution in [1.29, 1.82) is 0 Å². The van der Waals surface area contributed by atoms with Gasteiger partial charge in [0.15, 0.2) is 11.6 Å². The van der Waals surface area contributed by atoms with Gasteiger partial charge in [-0.2, -0.15) is 0 Å². The third-order valence-corrected chi connectivity index (χ3v) is 20.0. The van der Waals surface area contributed by atoms with E-state index in [1.807, 2.05) is 41.5 Å². The van der Waals surface area contributed by atoms with E-state index >= 15 is 33.6 Å². The van der Waals surface area contributed by atoms with Crippen molar-refractivity contribution in [3.05, 3.63) is 0 Å². The molecule has 0 aromatic heterocycles. The molecule has 0 aliphatic carbocycles. The number of hydrogen-bond donors (Lipinski definition) is 3. The van der Waals surface area contributed by atoms with Gasteiger partial charge in [0, 0.05) is 93.7 Å². The van der Waals surface area contributed by atoms with Crippen LogP contribution >= 0.6 is 0 Å². The van der Waals surface area contributed by atoms with Crippen molar-refractivity contribution in [2.45, 2.75) is 255 Å². The van der Waals surface area contributed by atoms with Gasteiger partial charge in [-0.1, -0.05) is 90.0 Å². The molecular formula is C74H132N10O17. The topological polar surface area (TPSA) is 312 Å². The maximum absolute atomic E-state index is 15.5. The highest BCUT2D eigenvalue weighted by Gasteiger charge is 2.47. The standard InChI is InChI=1S/C74H132N10O17/c1-25-55-70(93)77(18)52(16)68(91)82(23)62(53(17)100-35-30-28-32-84-33-37-98-38-34-84)60(86)43-54(47(9)10)69(92)78(19)56(39-44(3)4)59(85)42-50(14)65(88)75-51(15)67(90)79(20)57(40-45(5)6)71(94)80(21)58(41-46(7)8)72(95)81(22)61(48(11)12)73(96)83(24)63(66(89)76-55)64(87)49(13)31-27-29-36-101-74(97)99-26-2/h44-58,61-64,87H,25-43H2,1-24H3,(H,75,88)(H,76,89)/t49-,50-,51-,52-,53-,54+,55+,56+,57+,58+,61+,62+,63+,64-/m1/s1. The number of carbonyl (C=O) groups is 12. The highest BCUT2D eigenvalue weighted by atomic mass is 16.7. The molecule has 0 bridgehead atoms. The van der Waals surface area contributed by atoms with Crippen LogP contribution in [0, 0.1) is 47.3 Å². The minimum atomic E-state index is -1.71. The molecule has 27 nitrogen and oxygen atoms in total. The first kappa shape index (κ1) is 90.8. The number of ether oxygens (including phenoxy) is 4. The van der Waals surface area contributed by atoms with Gasteiger partial charge in [-0.15, -0.1) is 0 Å². The van der Waals surface area contributed by atoms with Gasteiger partial charge in [0.25, 0.3) is 0 Å². The summed E-state index contributed by atoms with van der Waals surface area (Å²) in [7, 11) is 9.98. The van der Waals surface area contributed by atoms with Crippen LogP contribution in [0.25, 0.3) is 0 Å². The molecule has 27 heteroatoms. The van der Waals surface area contributed by atoms with E-state index in [4.69, 9.17) is 18.9 Å². The quantitative estimate of drug-likeness (QED) is 0.0772. The van der Waals surface area contributed by atoms with Gasteiger partial charge in [-0.05, 0) is 128 Å². The predicted octanol–water partition coefficient (Wildman–Crippen LogP) is 5.69. The normalized spacial score (nSPS) is 26.6. The fourth-order valence-corrected chi connectivity index (χ4v) is 13.4. The Kier molecular flexibility index (Phi) is 39.3. The average Bonchev–Trinajstić information content (AvgIpc) is 0.804. The third kappa shape index (κ3) is 27.0. The van der Waals surface area contributed by atoms with Crippen molar-refractivity contribution in [3.8, 4) is 0 Å². The average molecular weight is 1430 g/mol. The number of ketones is 2. The highest BCUT2D eigenvalue weighted by molar-refractivity contribution is 6.00. The molecule has 0 aromatic carbocycles. The summed E-state index contributed by atoms with van der Waals surface area (Å²) in [6.45, 7) is 33.5. The Morgan fingerprint density at radius 3 is 1.54 bits per heavy atom. The van der Waals surface area contributed by atoms with E-state index in [0.29, 0.717) is 32.5 Å². The molecule has 2 heterocycles. The number of unbranched alkanes of at least 4 members (excludes halogenated alkanes) is 2. The summed E-state index contributed by atoms with van der Waals surface area (Å²) in [6, 6.07) is -11.6. The molecule has 2 fully saturated rings. The van der Waals surface area contributed by atoms with Crippen LogP contribution in [0.4, 0.5) is 4.79 Å². The zero-order valence-corrected chi connectivity index (χ0v) is 66.0. The second-order valence-electron chi connectivity index (χ2n) is 30.4. The second-order valence-corrected chi connectivity index (χ2v) is 30.4. The zero-order valence-electron chi connectivity index (χ0n) is 66.0. The maximum Gasteiger partial charge on any atom is 0.508 e. The number of likely N-dealkylation sites (N-methyl/N-ethyl adjacent to an activating group) is 7. The van der Waals surface area contributed by atoms with Crippen molar-refractivity contribution in [2.75, 3.05) is 102 Å². The van der Waals surface area contributed by atoms with Crippen molar-refractivity contribution < 1.29 is 81.6 Å². The molecule has 2 aliphatic heterocycles. The fraction of sp³-hybridized carbons (Fsp3) is 0.838. The largest absolute Gasteiger partial charge is 0.508 e. The molecule has 0 saturated carbocycles. The minimum Gasteiger partial charge on any atom is -0.435 e. The lowest BCUT2D eigenvalue weighted by molar-refractivity contribution is -0.157. The Bertz CT molecular complexity index is 2710. The van der Waals surface area contributed by atoms with E-state index in [1.54, 1.807) is 62.3 Å².